The first kappa shape index (κ1) is 16.5. The molecule has 0 spiro atoms. The molecule has 128 valence electrons. The van der Waals surface area contributed by atoms with E-state index in [9.17, 15) is 22.8 Å². The highest BCUT2D eigenvalue weighted by molar-refractivity contribution is 5.93. The van der Waals surface area contributed by atoms with Crippen LogP contribution in [-0.2, 0) is 0 Å². The lowest BCUT2D eigenvalue weighted by atomic mass is 9.85. The van der Waals surface area contributed by atoms with Crippen LogP contribution in [0.25, 0.3) is 5.65 Å². The van der Waals surface area contributed by atoms with E-state index in [4.69, 9.17) is 0 Å². The van der Waals surface area contributed by atoms with E-state index in [1.807, 2.05) is 0 Å². The maximum Gasteiger partial charge on any atom is 0.391 e. The fourth-order valence-corrected chi connectivity index (χ4v) is 3.06. The van der Waals surface area contributed by atoms with Crippen LogP contribution in [0.5, 0.6) is 0 Å². The van der Waals surface area contributed by atoms with Crippen molar-refractivity contribution in [3.8, 4) is 0 Å². The van der Waals surface area contributed by atoms with Crippen LogP contribution in [0.15, 0.2) is 35.4 Å². The van der Waals surface area contributed by atoms with E-state index >= 15 is 0 Å². The third-order valence-electron chi connectivity index (χ3n) is 4.33. The molecular weight excluding hydrogens is 323 g/mol. The predicted octanol–water partition coefficient (Wildman–Crippen LogP) is 2.55. The number of hydrogen-bond acceptors (Lipinski definition) is 3. The van der Waals surface area contributed by atoms with Crippen LogP contribution < -0.4 is 10.9 Å². The first-order valence-corrected chi connectivity index (χ1v) is 7.70. The number of amides is 1. The molecule has 2 aromatic rings. The Balaban J connectivity index is 1.78. The van der Waals surface area contributed by atoms with Gasteiger partial charge in [-0.25, -0.2) is 4.98 Å². The Morgan fingerprint density at radius 2 is 2.08 bits per heavy atom. The highest BCUT2D eigenvalue weighted by Gasteiger charge is 2.42. The minimum Gasteiger partial charge on any atom is -0.349 e. The molecule has 2 atom stereocenters. The van der Waals surface area contributed by atoms with E-state index in [0.29, 0.717) is 18.5 Å². The van der Waals surface area contributed by atoms with Gasteiger partial charge in [0.1, 0.15) is 11.2 Å². The van der Waals surface area contributed by atoms with Crippen LogP contribution in [0.2, 0.25) is 0 Å². The van der Waals surface area contributed by atoms with Gasteiger partial charge >= 0.3 is 6.18 Å². The van der Waals surface area contributed by atoms with Crippen molar-refractivity contribution in [2.45, 2.75) is 37.9 Å². The molecule has 0 saturated heterocycles. The summed E-state index contributed by atoms with van der Waals surface area (Å²) in [4.78, 5) is 28.6. The molecule has 0 aromatic carbocycles. The highest BCUT2D eigenvalue weighted by atomic mass is 19.4. The Morgan fingerprint density at radius 1 is 1.29 bits per heavy atom. The molecular formula is C16H16F3N3O2. The van der Waals surface area contributed by atoms with Gasteiger partial charge in [0.05, 0.1) is 5.92 Å². The van der Waals surface area contributed by atoms with Gasteiger partial charge in [-0.15, -0.1) is 0 Å². The molecule has 8 heteroatoms. The van der Waals surface area contributed by atoms with Gasteiger partial charge in [-0.1, -0.05) is 12.5 Å². The zero-order chi connectivity index (χ0) is 17.3. The maximum absolute atomic E-state index is 12.8. The largest absolute Gasteiger partial charge is 0.391 e. The van der Waals surface area contributed by atoms with Gasteiger partial charge in [0.15, 0.2) is 0 Å². The summed E-state index contributed by atoms with van der Waals surface area (Å²) in [6, 6.07) is 4.37. The van der Waals surface area contributed by atoms with Gasteiger partial charge < -0.3 is 5.32 Å². The van der Waals surface area contributed by atoms with Gasteiger partial charge in [0.25, 0.3) is 11.5 Å². The van der Waals surface area contributed by atoms with Crippen molar-refractivity contribution in [1.29, 1.82) is 0 Å². The third kappa shape index (κ3) is 3.27. The van der Waals surface area contributed by atoms with E-state index in [0.717, 1.165) is 6.20 Å². The molecule has 1 aliphatic rings. The van der Waals surface area contributed by atoms with Crippen LogP contribution in [0.4, 0.5) is 13.2 Å². The summed E-state index contributed by atoms with van der Waals surface area (Å²) in [7, 11) is 0. The lowest BCUT2D eigenvalue weighted by Crippen LogP contribution is -2.43. The Kier molecular flexibility index (Phi) is 4.29. The number of rotatable bonds is 2. The fraction of sp³-hybridized carbons (Fsp3) is 0.438. The number of nitrogens with one attached hydrogen (secondary N) is 1. The van der Waals surface area contributed by atoms with E-state index in [1.165, 1.54) is 10.6 Å². The van der Waals surface area contributed by atoms with E-state index in [1.54, 1.807) is 18.2 Å². The molecule has 0 aliphatic heterocycles. The third-order valence-corrected chi connectivity index (χ3v) is 4.33. The fourth-order valence-electron chi connectivity index (χ4n) is 3.06. The van der Waals surface area contributed by atoms with Crippen molar-refractivity contribution in [2.75, 3.05) is 0 Å². The number of fused-ring (bicyclic) bond motifs is 1. The molecule has 1 saturated carbocycles. The van der Waals surface area contributed by atoms with Crippen molar-refractivity contribution in [2.24, 2.45) is 5.92 Å². The number of alkyl halides is 3. The average molecular weight is 339 g/mol. The number of carbonyl (C=O) groups excluding carboxylic acids is 1. The summed E-state index contributed by atoms with van der Waals surface area (Å²) in [5.74, 6) is -2.09. The number of nitrogens with zero attached hydrogens (tertiary/aromatic N) is 2. The number of halogens is 3. The molecule has 5 nitrogen and oxygen atoms in total. The first-order chi connectivity index (χ1) is 11.4. The van der Waals surface area contributed by atoms with Crippen molar-refractivity contribution < 1.29 is 18.0 Å². The molecule has 0 radical (unpaired) electrons. The molecule has 0 unspecified atom stereocenters. The Hall–Kier alpha value is -2.38. The number of pyridine rings is 1. The van der Waals surface area contributed by atoms with Gasteiger partial charge in [-0.3, -0.25) is 14.0 Å². The molecule has 1 fully saturated rings. The number of carbonyl (C=O) groups is 1. The predicted molar refractivity (Wildman–Crippen MR) is 80.7 cm³/mol. The zero-order valence-corrected chi connectivity index (χ0v) is 12.7. The highest BCUT2D eigenvalue weighted by Crippen LogP contribution is 2.37. The summed E-state index contributed by atoms with van der Waals surface area (Å²) < 4.78 is 39.7. The van der Waals surface area contributed by atoms with Gasteiger partial charge in [-0.05, 0) is 31.4 Å². The SMILES string of the molecule is O=C(N[C@@H]1CCC[C@H](C(F)(F)F)C1)c1cnc2ccccn2c1=O. The lowest BCUT2D eigenvalue weighted by molar-refractivity contribution is -0.183. The molecule has 1 N–H and O–H groups in total. The van der Waals surface area contributed by atoms with Gasteiger partial charge in [0, 0.05) is 18.4 Å². The standard InChI is InChI=1S/C16H16F3N3O2/c17-16(18,19)10-4-3-5-11(8-10)21-14(23)12-9-20-13-6-1-2-7-22(13)15(12)24/h1-2,6-7,9-11H,3-5,8H2,(H,21,23)/t10-,11+/m0/s1. The number of aromatic nitrogens is 2. The lowest BCUT2D eigenvalue weighted by Gasteiger charge is -2.30. The second-order valence-electron chi connectivity index (χ2n) is 5.98. The molecule has 24 heavy (non-hydrogen) atoms. The van der Waals surface area contributed by atoms with Crippen LogP contribution in [0.3, 0.4) is 0 Å². The minimum absolute atomic E-state index is 0.0794. The second kappa shape index (κ2) is 6.26. The van der Waals surface area contributed by atoms with Crippen molar-refractivity contribution in [1.82, 2.24) is 14.7 Å². The first-order valence-electron chi connectivity index (χ1n) is 7.70. The van der Waals surface area contributed by atoms with Crippen molar-refractivity contribution >= 4 is 11.6 Å². The number of hydrogen-bond donors (Lipinski definition) is 1. The second-order valence-corrected chi connectivity index (χ2v) is 5.98. The van der Waals surface area contributed by atoms with Crippen molar-refractivity contribution in [3.63, 3.8) is 0 Å². The summed E-state index contributed by atoms with van der Waals surface area (Å²) in [6.45, 7) is 0. The van der Waals surface area contributed by atoms with Crippen LogP contribution in [0, 0.1) is 5.92 Å². The molecule has 3 rings (SSSR count). The maximum atomic E-state index is 12.8. The summed E-state index contributed by atoms with van der Waals surface area (Å²) >= 11 is 0. The summed E-state index contributed by atoms with van der Waals surface area (Å²) in [6.07, 6.45) is -0.815. The smallest absolute Gasteiger partial charge is 0.349 e. The van der Waals surface area contributed by atoms with E-state index in [2.05, 4.69) is 10.3 Å². The Morgan fingerprint density at radius 3 is 2.83 bits per heavy atom. The molecule has 1 amide bonds. The molecule has 2 aromatic heterocycles. The van der Waals surface area contributed by atoms with Crippen molar-refractivity contribution in [3.05, 3.63) is 46.5 Å². The van der Waals surface area contributed by atoms with E-state index < -0.39 is 29.6 Å². The minimum atomic E-state index is -4.26. The van der Waals surface area contributed by atoms with Crippen LogP contribution in [0.1, 0.15) is 36.0 Å². The van der Waals surface area contributed by atoms with Gasteiger partial charge in [0.2, 0.25) is 0 Å². The topological polar surface area (TPSA) is 63.5 Å². The molecule has 0 bridgehead atoms. The zero-order valence-electron chi connectivity index (χ0n) is 12.7. The van der Waals surface area contributed by atoms with Crippen LogP contribution in [-0.4, -0.2) is 27.5 Å². The Labute approximate surface area is 135 Å². The van der Waals surface area contributed by atoms with E-state index in [-0.39, 0.29) is 18.4 Å². The quantitative estimate of drug-likeness (QED) is 0.915. The van der Waals surface area contributed by atoms with Crippen LogP contribution >= 0.6 is 0 Å². The van der Waals surface area contributed by atoms with Gasteiger partial charge in [-0.2, -0.15) is 13.2 Å². The normalized spacial score (nSPS) is 21.6. The average Bonchev–Trinajstić information content (AvgIpc) is 2.55. The summed E-state index contributed by atoms with van der Waals surface area (Å²) in [5, 5.41) is 2.55. The Bertz CT molecular complexity index is 816. The molecule has 2 heterocycles. The monoisotopic (exact) mass is 339 g/mol. The molecule has 1 aliphatic carbocycles. The summed E-state index contributed by atoms with van der Waals surface area (Å²) in [5.41, 5.74) is -0.317.